The second-order valence-electron chi connectivity index (χ2n) is 7.71. The number of hydrogen-bond donors (Lipinski definition) is 2. The van der Waals surface area contributed by atoms with Crippen molar-refractivity contribution in [2.24, 2.45) is 5.41 Å². The maximum atomic E-state index is 13.5. The lowest BCUT2D eigenvalue weighted by Gasteiger charge is -2.48. The van der Waals surface area contributed by atoms with Crippen LogP contribution < -0.4 is 20.1 Å². The zero-order chi connectivity index (χ0) is 22.2. The van der Waals surface area contributed by atoms with E-state index in [1.807, 2.05) is 12.1 Å². The number of nitrogens with one attached hydrogen (secondary N) is 2. The highest BCUT2D eigenvalue weighted by Crippen LogP contribution is 2.55. The molecule has 1 saturated heterocycles. The van der Waals surface area contributed by atoms with Crippen LogP contribution in [0.3, 0.4) is 0 Å². The predicted octanol–water partition coefficient (Wildman–Crippen LogP) is 2.45. The van der Waals surface area contributed by atoms with Crippen LogP contribution in [-0.4, -0.2) is 36.9 Å². The molecule has 2 aromatic carbocycles. The zero-order valence-electron chi connectivity index (χ0n) is 17.1. The van der Waals surface area contributed by atoms with E-state index in [1.165, 1.54) is 0 Å². The molecule has 2 unspecified atom stereocenters. The third-order valence-electron chi connectivity index (χ3n) is 6.16. The molecule has 2 aliphatic rings. The maximum Gasteiger partial charge on any atom is 0.243 e. The molecule has 1 heterocycles. The van der Waals surface area contributed by atoms with E-state index in [9.17, 15) is 14.4 Å². The third-order valence-corrected chi connectivity index (χ3v) is 6.36. The van der Waals surface area contributed by atoms with Gasteiger partial charge in [0.05, 0.1) is 14.2 Å². The number of ether oxygens (including phenoxy) is 2. The second kappa shape index (κ2) is 8.11. The highest BCUT2D eigenvalue weighted by molar-refractivity contribution is 7.80. The van der Waals surface area contributed by atoms with E-state index in [4.69, 9.17) is 21.7 Å². The van der Waals surface area contributed by atoms with Crippen molar-refractivity contribution in [1.29, 1.82) is 0 Å². The van der Waals surface area contributed by atoms with Crippen molar-refractivity contribution in [3.63, 3.8) is 0 Å². The molecular formula is C23H22N2O5S. The van der Waals surface area contributed by atoms with Crippen molar-refractivity contribution in [2.45, 2.75) is 24.7 Å². The first-order chi connectivity index (χ1) is 14.9. The Morgan fingerprint density at radius 1 is 0.839 bits per heavy atom. The molecule has 2 atom stereocenters. The van der Waals surface area contributed by atoms with E-state index in [0.29, 0.717) is 22.6 Å². The summed E-state index contributed by atoms with van der Waals surface area (Å²) in [6, 6.07) is 14.3. The molecule has 1 aliphatic heterocycles. The van der Waals surface area contributed by atoms with E-state index < -0.39 is 29.1 Å². The summed E-state index contributed by atoms with van der Waals surface area (Å²) in [6.45, 7) is 0. The fourth-order valence-corrected chi connectivity index (χ4v) is 4.95. The number of benzene rings is 2. The monoisotopic (exact) mass is 438 g/mol. The molecule has 1 spiro atoms. The molecule has 0 radical (unpaired) electrons. The molecule has 160 valence electrons. The first kappa shape index (κ1) is 21.0. The van der Waals surface area contributed by atoms with Crippen LogP contribution in [0.5, 0.6) is 11.5 Å². The van der Waals surface area contributed by atoms with Gasteiger partial charge < -0.3 is 20.1 Å². The molecule has 0 aromatic heterocycles. The number of carbonyl (C=O) groups is 3. The maximum absolute atomic E-state index is 13.5. The zero-order valence-corrected chi connectivity index (χ0v) is 18.0. The minimum Gasteiger partial charge on any atom is -0.497 e. The Hall–Kier alpha value is -3.26. The molecule has 1 saturated carbocycles. The average molecular weight is 439 g/mol. The number of methoxy groups -OCH3 is 2. The van der Waals surface area contributed by atoms with Crippen LogP contribution in [-0.2, 0) is 14.4 Å². The summed E-state index contributed by atoms with van der Waals surface area (Å²) in [6.07, 6.45) is 0.114. The van der Waals surface area contributed by atoms with Gasteiger partial charge in [0, 0.05) is 24.7 Å². The van der Waals surface area contributed by atoms with Crippen molar-refractivity contribution in [3.05, 3.63) is 59.7 Å². The number of hydrogen-bond acceptors (Lipinski definition) is 6. The van der Waals surface area contributed by atoms with Crippen molar-refractivity contribution < 1.29 is 23.9 Å². The normalized spacial score (nSPS) is 22.6. The Labute approximate surface area is 185 Å². The van der Waals surface area contributed by atoms with Crippen LogP contribution in [0.15, 0.2) is 48.5 Å². The Kier molecular flexibility index (Phi) is 5.49. The lowest BCUT2D eigenvalue weighted by atomic mass is 9.54. The average Bonchev–Trinajstić information content (AvgIpc) is 2.77. The number of carbonyl (C=O) groups excluding carboxylic acids is 3. The van der Waals surface area contributed by atoms with Gasteiger partial charge in [0.2, 0.25) is 11.8 Å². The molecule has 1 aliphatic carbocycles. The smallest absolute Gasteiger partial charge is 0.243 e. The van der Waals surface area contributed by atoms with Gasteiger partial charge in [0.25, 0.3) is 0 Å². The van der Waals surface area contributed by atoms with Gasteiger partial charge in [-0.15, -0.1) is 0 Å². The standard InChI is InChI=1S/C23H22N2O5S/c1-29-16-7-3-5-13(9-16)18-11-15(26)12-19(14-6-4-8-17(10-14)30-2)23(18)20(27)24-22(31)25-21(23)28/h3-10,18-19H,11-12H2,1-2H3,(H2,24,25,27,28,31). The minimum atomic E-state index is -1.56. The molecule has 2 aromatic rings. The summed E-state index contributed by atoms with van der Waals surface area (Å²) in [5.41, 5.74) is -0.202. The first-order valence-electron chi connectivity index (χ1n) is 9.86. The van der Waals surface area contributed by atoms with Gasteiger partial charge in [0.15, 0.2) is 5.11 Å². The lowest BCUT2D eigenvalue weighted by molar-refractivity contribution is -0.150. The van der Waals surface area contributed by atoms with Crippen molar-refractivity contribution in [3.8, 4) is 11.5 Å². The fourth-order valence-electron chi connectivity index (χ4n) is 4.76. The van der Waals surface area contributed by atoms with Gasteiger partial charge >= 0.3 is 0 Å². The van der Waals surface area contributed by atoms with E-state index in [1.54, 1.807) is 50.6 Å². The van der Waals surface area contributed by atoms with Gasteiger partial charge in [-0.25, -0.2) is 0 Å². The molecule has 0 bridgehead atoms. The molecule has 2 fully saturated rings. The predicted molar refractivity (Wildman–Crippen MR) is 117 cm³/mol. The number of rotatable bonds is 4. The van der Waals surface area contributed by atoms with Crippen molar-refractivity contribution in [2.75, 3.05) is 14.2 Å². The summed E-state index contributed by atoms with van der Waals surface area (Å²) >= 11 is 5.05. The van der Waals surface area contributed by atoms with E-state index in [-0.39, 0.29) is 23.7 Å². The van der Waals surface area contributed by atoms with Gasteiger partial charge in [0.1, 0.15) is 22.7 Å². The topological polar surface area (TPSA) is 93.7 Å². The molecule has 8 heteroatoms. The highest BCUT2D eigenvalue weighted by Gasteiger charge is 2.63. The molecule has 7 nitrogen and oxygen atoms in total. The molecule has 4 rings (SSSR count). The summed E-state index contributed by atoms with van der Waals surface area (Å²) in [5.74, 6) is -1.26. The largest absolute Gasteiger partial charge is 0.497 e. The SMILES string of the molecule is COc1cccc(C2CC(=O)CC(c3cccc(OC)c3)C23C(=O)NC(=S)NC3=O)c1. The van der Waals surface area contributed by atoms with E-state index in [2.05, 4.69) is 10.6 Å². The van der Waals surface area contributed by atoms with E-state index in [0.717, 1.165) is 0 Å². The fraction of sp³-hybridized carbons (Fsp3) is 0.304. The van der Waals surface area contributed by atoms with Gasteiger partial charge in [-0.3, -0.25) is 14.4 Å². The van der Waals surface area contributed by atoms with Crippen molar-refractivity contribution in [1.82, 2.24) is 10.6 Å². The molecule has 2 N–H and O–H groups in total. The first-order valence-corrected chi connectivity index (χ1v) is 10.3. The summed E-state index contributed by atoms with van der Waals surface area (Å²) in [4.78, 5) is 40.0. The van der Waals surface area contributed by atoms with Crippen LogP contribution in [0.1, 0.15) is 35.8 Å². The summed E-state index contributed by atoms with van der Waals surface area (Å²) < 4.78 is 10.7. The third kappa shape index (κ3) is 3.46. The Bertz CT molecular complexity index is 1000. The van der Waals surface area contributed by atoms with E-state index >= 15 is 0 Å². The minimum absolute atomic E-state index is 0.0278. The van der Waals surface area contributed by atoms with Gasteiger partial charge in [-0.05, 0) is 47.6 Å². The van der Waals surface area contributed by atoms with Crippen LogP contribution >= 0.6 is 12.2 Å². The Balaban J connectivity index is 1.95. The Morgan fingerprint density at radius 3 is 1.71 bits per heavy atom. The lowest BCUT2D eigenvalue weighted by Crippen LogP contribution is -2.67. The number of thiocarbonyl (C=S) groups is 1. The molecule has 2 amide bonds. The number of ketones is 1. The quantitative estimate of drug-likeness (QED) is 0.563. The number of amides is 2. The Morgan fingerprint density at radius 2 is 1.29 bits per heavy atom. The second-order valence-corrected chi connectivity index (χ2v) is 8.12. The number of Topliss-reactive ketones (excluding diaryl/α,β-unsaturated/α-hetero) is 1. The molecule has 31 heavy (non-hydrogen) atoms. The van der Waals surface area contributed by atoms with Gasteiger partial charge in [-0.1, -0.05) is 24.3 Å². The highest BCUT2D eigenvalue weighted by atomic mass is 32.1. The van der Waals surface area contributed by atoms with Crippen LogP contribution in [0.25, 0.3) is 0 Å². The van der Waals surface area contributed by atoms with Crippen molar-refractivity contribution >= 4 is 34.9 Å². The summed E-state index contributed by atoms with van der Waals surface area (Å²) in [7, 11) is 3.08. The van der Waals surface area contributed by atoms with Crippen LogP contribution in [0.4, 0.5) is 0 Å². The van der Waals surface area contributed by atoms with Crippen LogP contribution in [0, 0.1) is 5.41 Å². The summed E-state index contributed by atoms with van der Waals surface area (Å²) in [5, 5.41) is 5.22. The van der Waals surface area contributed by atoms with Gasteiger partial charge in [-0.2, -0.15) is 0 Å². The van der Waals surface area contributed by atoms with Crippen LogP contribution in [0.2, 0.25) is 0 Å². The molecular weight excluding hydrogens is 416 g/mol.